The Morgan fingerprint density at radius 2 is 1.97 bits per heavy atom. The summed E-state index contributed by atoms with van der Waals surface area (Å²) in [7, 11) is 3.33. The minimum absolute atomic E-state index is 0. The van der Waals surface area contributed by atoms with Crippen molar-refractivity contribution in [2.24, 2.45) is 4.99 Å². The lowest BCUT2D eigenvalue weighted by atomic mass is 10.2. The van der Waals surface area contributed by atoms with E-state index in [1.54, 1.807) is 43.7 Å². The summed E-state index contributed by atoms with van der Waals surface area (Å²) in [6.07, 6.45) is 0. The van der Waals surface area contributed by atoms with Gasteiger partial charge in [-0.25, -0.2) is 0 Å². The van der Waals surface area contributed by atoms with Gasteiger partial charge in [0.25, 0.3) is 5.91 Å². The van der Waals surface area contributed by atoms with Crippen LogP contribution in [0.5, 0.6) is 5.75 Å². The molecular weight excluding hydrogens is 541 g/mol. The summed E-state index contributed by atoms with van der Waals surface area (Å²) in [5, 5.41) is 11.7. The second-order valence-electron chi connectivity index (χ2n) is 7.05. The van der Waals surface area contributed by atoms with E-state index < -0.39 is 0 Å². The van der Waals surface area contributed by atoms with E-state index in [-0.39, 0.29) is 35.9 Å². The lowest BCUT2D eigenvalue weighted by Crippen LogP contribution is -2.47. The molecule has 2 heterocycles. The van der Waals surface area contributed by atoms with E-state index in [2.05, 4.69) is 43.4 Å². The first-order chi connectivity index (χ1) is 15.2. The van der Waals surface area contributed by atoms with Crippen molar-refractivity contribution in [1.29, 1.82) is 0 Å². The molecule has 1 atom stereocenters. The van der Waals surface area contributed by atoms with Crippen LogP contribution in [0.25, 0.3) is 0 Å². The Bertz CT molecular complexity index is 844. The number of nitrogens with one attached hydrogen (secondary N) is 3. The van der Waals surface area contributed by atoms with Crippen molar-refractivity contribution in [3.05, 3.63) is 52.2 Å². The predicted molar refractivity (Wildman–Crippen MR) is 140 cm³/mol. The molecule has 0 bridgehead atoms. The number of methoxy groups -OCH3 is 1. The number of thiophene rings is 1. The number of hydrogen-bond acceptors (Lipinski definition) is 6. The van der Waals surface area contributed by atoms with Gasteiger partial charge in [0.15, 0.2) is 5.96 Å². The van der Waals surface area contributed by atoms with Crippen molar-refractivity contribution in [3.63, 3.8) is 0 Å². The van der Waals surface area contributed by atoms with Crippen molar-refractivity contribution in [2.75, 3.05) is 60.1 Å². The van der Waals surface area contributed by atoms with Crippen LogP contribution in [0.3, 0.4) is 0 Å². The summed E-state index contributed by atoms with van der Waals surface area (Å²) in [4.78, 5) is 20.4. The largest absolute Gasteiger partial charge is 0.497 e. The van der Waals surface area contributed by atoms with Crippen LogP contribution in [0.2, 0.25) is 0 Å². The molecular formula is C22H32IN5O3S. The molecule has 32 heavy (non-hydrogen) atoms. The number of rotatable bonds is 9. The lowest BCUT2D eigenvalue weighted by Gasteiger charge is -2.34. The Morgan fingerprint density at radius 1 is 1.19 bits per heavy atom. The normalized spacial score (nSPS) is 15.4. The molecule has 1 aliphatic rings. The molecule has 3 N–H and O–H groups in total. The standard InChI is InChI=1S/C22H31N5O3S.HI/c1-23-22(25-9-8-24-21(28)17-5-3-6-18(15-17)29-2)26-16-19(20-7-4-14-31-20)27-10-12-30-13-11-27;/h3-7,14-15,19H,8-13,16H2,1-2H3,(H,24,28)(H2,23,25,26);1H. The molecule has 1 unspecified atom stereocenters. The van der Waals surface area contributed by atoms with Gasteiger partial charge < -0.3 is 25.4 Å². The van der Waals surface area contributed by atoms with Crippen LogP contribution in [0.1, 0.15) is 21.3 Å². The van der Waals surface area contributed by atoms with Crippen LogP contribution in [0.4, 0.5) is 0 Å². The fourth-order valence-electron chi connectivity index (χ4n) is 3.42. The van der Waals surface area contributed by atoms with E-state index in [0.717, 1.165) is 32.8 Å². The molecule has 2 aromatic rings. The van der Waals surface area contributed by atoms with Gasteiger partial charge in [-0.3, -0.25) is 14.7 Å². The van der Waals surface area contributed by atoms with Gasteiger partial charge in [0.05, 0.1) is 26.4 Å². The number of halogens is 1. The zero-order chi connectivity index (χ0) is 21.9. The van der Waals surface area contributed by atoms with E-state index in [4.69, 9.17) is 9.47 Å². The summed E-state index contributed by atoms with van der Waals surface area (Å²) in [5.41, 5.74) is 0.575. The zero-order valence-electron chi connectivity index (χ0n) is 18.5. The molecule has 176 valence electrons. The molecule has 1 aromatic carbocycles. The van der Waals surface area contributed by atoms with E-state index in [1.807, 2.05) is 6.07 Å². The minimum atomic E-state index is -0.131. The highest BCUT2D eigenvalue weighted by atomic mass is 127. The number of morpholine rings is 1. The molecule has 1 aromatic heterocycles. The van der Waals surface area contributed by atoms with Crippen LogP contribution in [0.15, 0.2) is 46.8 Å². The molecule has 3 rings (SSSR count). The van der Waals surface area contributed by atoms with Crippen molar-refractivity contribution >= 4 is 47.2 Å². The molecule has 0 aliphatic carbocycles. The van der Waals surface area contributed by atoms with Gasteiger partial charge in [0.1, 0.15) is 5.75 Å². The van der Waals surface area contributed by atoms with Gasteiger partial charge in [-0.2, -0.15) is 0 Å². The molecule has 1 amide bonds. The Hall–Kier alpha value is -1.89. The van der Waals surface area contributed by atoms with Crippen LogP contribution in [-0.4, -0.2) is 76.9 Å². The third kappa shape index (κ3) is 7.91. The second kappa shape index (κ2) is 14.3. The first-order valence-electron chi connectivity index (χ1n) is 10.4. The number of nitrogens with zero attached hydrogens (tertiary/aromatic N) is 2. The second-order valence-corrected chi connectivity index (χ2v) is 8.03. The maximum absolute atomic E-state index is 12.3. The third-order valence-corrected chi connectivity index (χ3v) is 6.05. The molecule has 8 nitrogen and oxygen atoms in total. The van der Waals surface area contributed by atoms with Crippen LogP contribution in [-0.2, 0) is 4.74 Å². The average molecular weight is 574 g/mol. The van der Waals surface area contributed by atoms with Gasteiger partial charge in [-0.1, -0.05) is 12.1 Å². The fourth-order valence-corrected chi connectivity index (χ4v) is 4.28. The Balaban J connectivity index is 0.00000363. The van der Waals surface area contributed by atoms with E-state index in [9.17, 15) is 4.79 Å². The molecule has 1 fully saturated rings. The number of hydrogen-bond donors (Lipinski definition) is 3. The summed E-state index contributed by atoms with van der Waals surface area (Å²) >= 11 is 1.77. The van der Waals surface area contributed by atoms with Crippen molar-refractivity contribution in [1.82, 2.24) is 20.9 Å². The van der Waals surface area contributed by atoms with Crippen LogP contribution in [0, 0.1) is 0 Å². The van der Waals surface area contributed by atoms with Gasteiger partial charge in [0.2, 0.25) is 0 Å². The maximum atomic E-state index is 12.3. The van der Waals surface area contributed by atoms with Crippen molar-refractivity contribution < 1.29 is 14.3 Å². The van der Waals surface area contributed by atoms with E-state index in [1.165, 1.54) is 4.88 Å². The summed E-state index contributed by atoms with van der Waals surface area (Å²) in [6, 6.07) is 11.6. The van der Waals surface area contributed by atoms with E-state index in [0.29, 0.717) is 30.4 Å². The summed E-state index contributed by atoms with van der Waals surface area (Å²) < 4.78 is 10.7. The van der Waals surface area contributed by atoms with Crippen LogP contribution < -0.4 is 20.7 Å². The minimum Gasteiger partial charge on any atom is -0.497 e. The highest BCUT2D eigenvalue weighted by Crippen LogP contribution is 2.25. The number of ether oxygens (including phenoxy) is 2. The van der Waals surface area contributed by atoms with Gasteiger partial charge in [-0.15, -0.1) is 35.3 Å². The number of amides is 1. The molecule has 0 spiro atoms. The monoisotopic (exact) mass is 573 g/mol. The third-order valence-electron chi connectivity index (χ3n) is 5.08. The van der Waals surface area contributed by atoms with Crippen LogP contribution >= 0.6 is 35.3 Å². The molecule has 10 heteroatoms. The number of carbonyl (C=O) groups is 1. The Morgan fingerprint density at radius 3 is 2.66 bits per heavy atom. The Kier molecular flexibility index (Phi) is 11.8. The summed E-state index contributed by atoms with van der Waals surface area (Å²) in [6.45, 7) is 5.17. The molecule has 1 saturated heterocycles. The summed E-state index contributed by atoms with van der Waals surface area (Å²) in [5.74, 6) is 1.25. The smallest absolute Gasteiger partial charge is 0.251 e. The van der Waals surface area contributed by atoms with E-state index >= 15 is 0 Å². The quantitative estimate of drug-likeness (QED) is 0.185. The maximum Gasteiger partial charge on any atom is 0.251 e. The number of aliphatic imine (C=N–C) groups is 1. The fraction of sp³-hybridized carbons (Fsp3) is 0.455. The predicted octanol–water partition coefficient (Wildman–Crippen LogP) is 2.34. The van der Waals surface area contributed by atoms with Gasteiger partial charge in [-0.05, 0) is 29.6 Å². The number of benzene rings is 1. The first kappa shape index (κ1) is 26.4. The van der Waals surface area contributed by atoms with Crippen molar-refractivity contribution in [2.45, 2.75) is 6.04 Å². The number of carbonyl (C=O) groups excluding carboxylic acids is 1. The highest BCUT2D eigenvalue weighted by Gasteiger charge is 2.23. The Labute approximate surface area is 210 Å². The molecule has 0 radical (unpaired) electrons. The SMILES string of the molecule is CN=C(NCCNC(=O)c1cccc(OC)c1)NCC(c1cccs1)N1CCOCC1.I. The zero-order valence-corrected chi connectivity index (χ0v) is 21.7. The average Bonchev–Trinajstić information content (AvgIpc) is 3.35. The van der Waals surface area contributed by atoms with Crippen molar-refractivity contribution in [3.8, 4) is 5.75 Å². The first-order valence-corrected chi connectivity index (χ1v) is 11.3. The van der Waals surface area contributed by atoms with Gasteiger partial charge in [0, 0.05) is 50.2 Å². The number of guanidine groups is 1. The topological polar surface area (TPSA) is 87.2 Å². The molecule has 0 saturated carbocycles. The lowest BCUT2D eigenvalue weighted by molar-refractivity contribution is 0.0177. The highest BCUT2D eigenvalue weighted by molar-refractivity contribution is 14.0. The molecule has 1 aliphatic heterocycles. The van der Waals surface area contributed by atoms with Gasteiger partial charge >= 0.3 is 0 Å².